The van der Waals surface area contributed by atoms with Crippen LogP contribution in [0.15, 0.2) is 54.2 Å². The molecule has 3 saturated carbocycles. The summed E-state index contributed by atoms with van der Waals surface area (Å²) in [6.45, 7) is 7.97. The van der Waals surface area contributed by atoms with Crippen LogP contribution in [0.3, 0.4) is 0 Å². The van der Waals surface area contributed by atoms with E-state index >= 15 is 0 Å². The Kier molecular flexibility index (Phi) is 6.93. The van der Waals surface area contributed by atoms with Crippen LogP contribution in [-0.4, -0.2) is 58.0 Å². The SMILES string of the molecule is CC(C)C1=CC2CC3(C=O)[C@@H]4CC[C@@H](C)[C@H]4CC2(C2CCC(CN(C)Cc4cccc(-c5ccccn5)n4)O2)C13C(=O)O. The Morgan fingerprint density at radius 1 is 1.12 bits per heavy atom. The number of carboxylic acids is 1. The van der Waals surface area contributed by atoms with E-state index in [-0.39, 0.29) is 30.0 Å². The van der Waals surface area contributed by atoms with Crippen molar-refractivity contribution in [3.05, 3.63) is 59.9 Å². The Bertz CT molecular complexity index is 1440. The fraction of sp³-hybridized carbons (Fsp3) is 0.611. The molecule has 7 heteroatoms. The van der Waals surface area contributed by atoms with Crippen LogP contribution in [0.25, 0.3) is 11.4 Å². The Morgan fingerprint density at radius 2 is 1.93 bits per heavy atom. The molecule has 5 aliphatic rings. The van der Waals surface area contributed by atoms with E-state index in [1.54, 1.807) is 6.20 Å². The second kappa shape index (κ2) is 10.3. The van der Waals surface area contributed by atoms with Crippen molar-refractivity contribution in [1.29, 1.82) is 0 Å². The van der Waals surface area contributed by atoms with Crippen LogP contribution < -0.4 is 0 Å². The van der Waals surface area contributed by atoms with Gasteiger partial charge in [-0.1, -0.05) is 51.0 Å². The zero-order valence-corrected chi connectivity index (χ0v) is 25.9. The third kappa shape index (κ3) is 3.86. The van der Waals surface area contributed by atoms with Gasteiger partial charge in [-0.3, -0.25) is 14.7 Å². The van der Waals surface area contributed by atoms with Crippen molar-refractivity contribution in [2.75, 3.05) is 13.6 Å². The Hall–Kier alpha value is -2.90. The molecule has 2 aromatic heterocycles. The first-order chi connectivity index (χ1) is 20.7. The molecule has 6 unspecified atom stereocenters. The van der Waals surface area contributed by atoms with Crippen LogP contribution >= 0.6 is 0 Å². The molecule has 7 rings (SSSR count). The number of aliphatic carboxylic acids is 1. The molecule has 7 nitrogen and oxygen atoms in total. The highest BCUT2D eigenvalue weighted by molar-refractivity contribution is 5.90. The summed E-state index contributed by atoms with van der Waals surface area (Å²) in [5.41, 5.74) is 1.12. The molecule has 228 valence electrons. The normalized spacial score (nSPS) is 39.3. The first-order valence-electron chi connectivity index (χ1n) is 16.3. The number of carbonyl (C=O) groups excluding carboxylic acids is 1. The summed E-state index contributed by atoms with van der Waals surface area (Å²) in [7, 11) is 2.10. The van der Waals surface area contributed by atoms with Gasteiger partial charge in [-0.05, 0) is 93.0 Å². The van der Waals surface area contributed by atoms with Crippen LogP contribution in [0.5, 0.6) is 0 Å². The van der Waals surface area contributed by atoms with E-state index < -0.39 is 22.2 Å². The summed E-state index contributed by atoms with van der Waals surface area (Å²) >= 11 is 0. The number of fused-ring (bicyclic) bond motifs is 2. The fourth-order valence-corrected chi connectivity index (χ4v) is 11.0. The van der Waals surface area contributed by atoms with Crippen molar-refractivity contribution in [2.24, 2.45) is 45.8 Å². The number of carboxylic acid groups (broad SMARTS) is 1. The molecule has 0 radical (unpaired) electrons. The standard InChI is InChI=1S/C36H45N3O4/c1-22(2)29-16-24-17-34(21-40)28-13-11-23(3)27(28)18-35(24,36(29,34)33(41)42)32-14-12-26(43-32)20-39(4)19-25-8-7-10-31(38-25)30-9-5-6-15-37-30/h5-10,15-16,21-24,26-28,32H,11-14,17-20H2,1-4H3,(H,41,42)/t23-,24?,26?,27-,28-,32?,34?,35?,36?/m1/s1. The number of hydrogen-bond donors (Lipinski definition) is 1. The van der Waals surface area contributed by atoms with Crippen molar-refractivity contribution in [3.8, 4) is 11.4 Å². The van der Waals surface area contributed by atoms with E-state index in [1.165, 1.54) is 0 Å². The highest BCUT2D eigenvalue weighted by Gasteiger charge is 2.86. The van der Waals surface area contributed by atoms with Crippen molar-refractivity contribution >= 4 is 12.3 Å². The van der Waals surface area contributed by atoms with Crippen LogP contribution in [0, 0.1) is 45.8 Å². The van der Waals surface area contributed by atoms with Gasteiger partial charge in [-0.25, -0.2) is 4.98 Å². The lowest BCUT2D eigenvalue weighted by atomic mass is 9.41. The molecule has 1 aliphatic heterocycles. The summed E-state index contributed by atoms with van der Waals surface area (Å²) < 4.78 is 7.00. The van der Waals surface area contributed by atoms with E-state index in [1.807, 2.05) is 36.4 Å². The summed E-state index contributed by atoms with van der Waals surface area (Å²) in [6, 6.07) is 11.9. The second-order valence-corrected chi connectivity index (χ2v) is 14.6. The molecular formula is C36H45N3O4. The number of nitrogens with zero attached hydrogens (tertiary/aromatic N) is 3. The van der Waals surface area contributed by atoms with Gasteiger partial charge in [0.1, 0.15) is 11.7 Å². The van der Waals surface area contributed by atoms with E-state index in [0.29, 0.717) is 24.8 Å². The Morgan fingerprint density at radius 3 is 2.65 bits per heavy atom. The van der Waals surface area contributed by atoms with Gasteiger partial charge in [-0.2, -0.15) is 0 Å². The van der Waals surface area contributed by atoms with Gasteiger partial charge in [-0.15, -0.1) is 0 Å². The minimum Gasteiger partial charge on any atom is -0.481 e. The number of pyridine rings is 2. The van der Waals surface area contributed by atoms with Crippen molar-refractivity contribution in [3.63, 3.8) is 0 Å². The molecular weight excluding hydrogens is 538 g/mol. The van der Waals surface area contributed by atoms with Gasteiger partial charge in [0, 0.05) is 24.7 Å². The smallest absolute Gasteiger partial charge is 0.315 e. The molecule has 43 heavy (non-hydrogen) atoms. The number of allylic oxidation sites excluding steroid dienone is 1. The lowest BCUT2D eigenvalue weighted by Crippen LogP contribution is -2.65. The predicted octanol–water partition coefficient (Wildman–Crippen LogP) is 6.05. The highest BCUT2D eigenvalue weighted by atomic mass is 16.5. The predicted molar refractivity (Wildman–Crippen MR) is 164 cm³/mol. The first kappa shape index (κ1) is 28.8. The maximum Gasteiger partial charge on any atom is 0.315 e. The number of carbonyl (C=O) groups is 2. The van der Waals surface area contributed by atoms with Crippen LogP contribution in [0.2, 0.25) is 0 Å². The van der Waals surface area contributed by atoms with Gasteiger partial charge in [0.2, 0.25) is 0 Å². The topological polar surface area (TPSA) is 92.6 Å². The minimum atomic E-state index is -1.17. The molecule has 9 atom stereocenters. The molecule has 3 heterocycles. The average Bonchev–Trinajstić information content (AvgIpc) is 3.73. The maximum atomic E-state index is 13.8. The largest absolute Gasteiger partial charge is 0.481 e. The number of likely N-dealkylation sites (N-methyl/N-ethyl adjacent to an activating group) is 1. The van der Waals surface area contributed by atoms with Crippen LogP contribution in [0.4, 0.5) is 0 Å². The average molecular weight is 584 g/mol. The zero-order chi connectivity index (χ0) is 30.1. The summed E-state index contributed by atoms with van der Waals surface area (Å²) in [6.07, 6.45) is 10.3. The molecule has 4 bridgehead atoms. The highest BCUT2D eigenvalue weighted by Crippen LogP contribution is 2.84. The summed E-state index contributed by atoms with van der Waals surface area (Å²) in [5.74, 6) is 0.394. The molecule has 1 N–H and O–H groups in total. The molecule has 0 amide bonds. The summed E-state index contributed by atoms with van der Waals surface area (Å²) in [5, 5.41) is 11.3. The number of ether oxygens (including phenoxy) is 1. The third-order valence-corrected chi connectivity index (χ3v) is 12.4. The first-order valence-corrected chi connectivity index (χ1v) is 16.3. The molecule has 0 aromatic carbocycles. The van der Waals surface area contributed by atoms with E-state index in [9.17, 15) is 14.7 Å². The number of hydrogen-bond acceptors (Lipinski definition) is 6. The lowest BCUT2D eigenvalue weighted by molar-refractivity contribution is -0.197. The van der Waals surface area contributed by atoms with Crippen LogP contribution in [-0.2, 0) is 20.9 Å². The minimum absolute atomic E-state index is 0.0149. The molecule has 0 spiro atoms. The van der Waals surface area contributed by atoms with E-state index in [4.69, 9.17) is 9.72 Å². The zero-order valence-electron chi connectivity index (χ0n) is 25.9. The van der Waals surface area contributed by atoms with Crippen LogP contribution in [0.1, 0.15) is 65.0 Å². The quantitative estimate of drug-likeness (QED) is 0.284. The van der Waals surface area contributed by atoms with Gasteiger partial charge >= 0.3 is 5.97 Å². The molecule has 4 aliphatic carbocycles. The van der Waals surface area contributed by atoms with E-state index in [0.717, 1.165) is 67.6 Å². The Labute approximate surface area is 255 Å². The monoisotopic (exact) mass is 583 g/mol. The molecule has 2 aromatic rings. The van der Waals surface area contributed by atoms with Gasteiger partial charge in [0.05, 0.1) is 34.7 Å². The van der Waals surface area contributed by atoms with Crippen molar-refractivity contribution in [1.82, 2.24) is 14.9 Å². The van der Waals surface area contributed by atoms with Gasteiger partial charge in [0.25, 0.3) is 0 Å². The lowest BCUT2D eigenvalue weighted by Gasteiger charge is -2.60. The third-order valence-electron chi connectivity index (χ3n) is 12.4. The van der Waals surface area contributed by atoms with Gasteiger partial charge in [0.15, 0.2) is 0 Å². The number of aldehydes is 1. The molecule has 1 saturated heterocycles. The number of aromatic nitrogens is 2. The number of rotatable bonds is 9. The van der Waals surface area contributed by atoms with Crippen molar-refractivity contribution < 1.29 is 19.4 Å². The summed E-state index contributed by atoms with van der Waals surface area (Å²) in [4.78, 5) is 38.8. The Balaban J connectivity index is 1.15. The van der Waals surface area contributed by atoms with Crippen molar-refractivity contribution in [2.45, 2.75) is 78.0 Å². The second-order valence-electron chi connectivity index (χ2n) is 14.6. The fourth-order valence-electron chi connectivity index (χ4n) is 11.0. The van der Waals surface area contributed by atoms with E-state index in [2.05, 4.69) is 43.8 Å². The van der Waals surface area contributed by atoms with Gasteiger partial charge < -0.3 is 14.6 Å². The molecule has 4 fully saturated rings. The maximum absolute atomic E-state index is 13.8.